The summed E-state index contributed by atoms with van der Waals surface area (Å²) in [5.41, 5.74) is 9.47. The number of carbonyl (C=O) groups is 2. The highest BCUT2D eigenvalue weighted by atomic mass is 16.7. The highest BCUT2D eigenvalue weighted by Gasteiger charge is 2.53. The van der Waals surface area contributed by atoms with Crippen LogP contribution in [0, 0.1) is 6.92 Å². The van der Waals surface area contributed by atoms with Gasteiger partial charge in [-0.15, -0.1) is 0 Å². The van der Waals surface area contributed by atoms with Crippen molar-refractivity contribution >= 4 is 28.7 Å². The second kappa shape index (κ2) is 13.3. The first-order chi connectivity index (χ1) is 22.3. The van der Waals surface area contributed by atoms with Crippen molar-refractivity contribution in [2.24, 2.45) is 11.5 Å². The number of benzene rings is 3. The predicted molar refractivity (Wildman–Crippen MR) is 169 cm³/mol. The van der Waals surface area contributed by atoms with Crippen LogP contribution in [0.1, 0.15) is 35.3 Å². The Morgan fingerprint density at radius 2 is 1.79 bits per heavy atom. The van der Waals surface area contributed by atoms with Crippen molar-refractivity contribution in [1.29, 1.82) is 0 Å². The molecule has 0 unspecified atom stereocenters. The van der Waals surface area contributed by atoms with Gasteiger partial charge in [0, 0.05) is 30.3 Å². The monoisotopic (exact) mass is 649 g/mol. The van der Waals surface area contributed by atoms with Crippen molar-refractivity contribution in [1.82, 2.24) is 0 Å². The number of aromatic hydroxyl groups is 1. The third-order valence-corrected chi connectivity index (χ3v) is 7.77. The number of nitrogens with two attached hydrogens (primary N) is 2. The summed E-state index contributed by atoms with van der Waals surface area (Å²) in [5, 5.41) is 24.6. The summed E-state index contributed by atoms with van der Waals surface area (Å²) in [7, 11) is 1.37. The van der Waals surface area contributed by atoms with Crippen LogP contribution in [-0.2, 0) is 20.8 Å². The van der Waals surface area contributed by atoms with Gasteiger partial charge in [0.05, 0.1) is 11.0 Å². The molecule has 0 saturated carbocycles. The average molecular weight is 650 g/mol. The van der Waals surface area contributed by atoms with E-state index < -0.39 is 59.3 Å². The fourth-order valence-electron chi connectivity index (χ4n) is 5.43. The summed E-state index contributed by atoms with van der Waals surface area (Å²) < 4.78 is 33.9. The Morgan fingerprint density at radius 3 is 2.45 bits per heavy atom. The van der Waals surface area contributed by atoms with Crippen LogP contribution >= 0.6 is 0 Å². The van der Waals surface area contributed by atoms with Gasteiger partial charge in [0.15, 0.2) is 23.6 Å². The molecule has 1 aliphatic rings. The van der Waals surface area contributed by atoms with Gasteiger partial charge in [-0.2, -0.15) is 0 Å². The second-order valence-corrected chi connectivity index (χ2v) is 11.3. The van der Waals surface area contributed by atoms with Gasteiger partial charge in [-0.1, -0.05) is 24.3 Å². The number of nitrogens with one attached hydrogen (secondary N) is 1. The molecule has 2 heterocycles. The highest BCUT2D eigenvalue weighted by molar-refractivity contribution is 6.06. The summed E-state index contributed by atoms with van der Waals surface area (Å²) in [6.45, 7) is 5.03. The van der Waals surface area contributed by atoms with E-state index in [-0.39, 0.29) is 34.4 Å². The summed E-state index contributed by atoms with van der Waals surface area (Å²) in [5.74, 6) is -0.233. The van der Waals surface area contributed by atoms with Crippen molar-refractivity contribution < 1.29 is 47.9 Å². The number of primary amides is 1. The smallest absolute Gasteiger partial charge is 0.404 e. The summed E-state index contributed by atoms with van der Waals surface area (Å²) in [4.78, 5) is 37.8. The molecule has 1 aliphatic heterocycles. The number of amides is 2. The van der Waals surface area contributed by atoms with Crippen molar-refractivity contribution in [2.75, 3.05) is 12.4 Å². The molecule has 3 aromatic carbocycles. The number of ether oxygens (including phenoxy) is 5. The Bertz CT molecular complexity index is 1860. The molecule has 1 aromatic heterocycles. The number of aryl methyl sites for hydroxylation is 1. The maximum absolute atomic E-state index is 13.2. The first kappa shape index (κ1) is 33.2. The van der Waals surface area contributed by atoms with E-state index in [4.69, 9.17) is 39.6 Å². The lowest BCUT2D eigenvalue weighted by atomic mass is 9.89. The van der Waals surface area contributed by atoms with E-state index in [0.29, 0.717) is 17.1 Å². The van der Waals surface area contributed by atoms with E-state index in [1.165, 1.54) is 31.4 Å². The summed E-state index contributed by atoms with van der Waals surface area (Å²) in [6.07, 6.45) is -6.12. The van der Waals surface area contributed by atoms with Crippen LogP contribution in [0.15, 0.2) is 69.9 Å². The maximum Gasteiger partial charge on any atom is 0.404 e. The molecule has 14 heteroatoms. The van der Waals surface area contributed by atoms with Gasteiger partial charge in [0.25, 0.3) is 5.91 Å². The minimum absolute atomic E-state index is 0.0434. The number of carbonyl (C=O) groups excluding carboxylic acids is 2. The van der Waals surface area contributed by atoms with Gasteiger partial charge < -0.3 is 55.1 Å². The van der Waals surface area contributed by atoms with E-state index in [9.17, 15) is 24.6 Å². The zero-order valence-corrected chi connectivity index (χ0v) is 26.0. The molecule has 0 bridgehead atoms. The van der Waals surface area contributed by atoms with Crippen molar-refractivity contribution in [3.05, 3.63) is 87.8 Å². The van der Waals surface area contributed by atoms with E-state index in [0.717, 1.165) is 0 Å². The number of fused-ring (bicyclic) bond motifs is 1. The molecule has 14 nitrogen and oxygen atoms in total. The van der Waals surface area contributed by atoms with Gasteiger partial charge >= 0.3 is 11.7 Å². The topological polar surface area (TPSA) is 215 Å². The van der Waals surface area contributed by atoms with Gasteiger partial charge in [-0.05, 0) is 57.2 Å². The van der Waals surface area contributed by atoms with Crippen LogP contribution in [0.5, 0.6) is 23.0 Å². The number of rotatable bonds is 9. The lowest BCUT2D eigenvalue weighted by Gasteiger charge is -2.47. The number of para-hydroxylation sites is 1. The van der Waals surface area contributed by atoms with Crippen LogP contribution < -0.4 is 31.9 Å². The fraction of sp³-hybridized carbons (Fsp3) is 0.303. The third-order valence-electron chi connectivity index (χ3n) is 7.77. The molecule has 0 spiro atoms. The Morgan fingerprint density at radius 1 is 1.06 bits per heavy atom. The molecule has 4 aromatic rings. The molecule has 0 radical (unpaired) electrons. The zero-order valence-electron chi connectivity index (χ0n) is 26.0. The summed E-state index contributed by atoms with van der Waals surface area (Å²) in [6, 6.07) is 16.4. The number of aliphatic hydroxyl groups excluding tert-OH is 1. The normalized spacial score (nSPS) is 20.4. The van der Waals surface area contributed by atoms with Gasteiger partial charge in [0.1, 0.15) is 28.9 Å². The highest BCUT2D eigenvalue weighted by Crippen LogP contribution is 2.38. The number of hydrogen-bond donors (Lipinski definition) is 5. The Kier molecular flexibility index (Phi) is 9.40. The van der Waals surface area contributed by atoms with Gasteiger partial charge in [0.2, 0.25) is 6.29 Å². The average Bonchev–Trinajstić information content (AvgIpc) is 3.03. The Hall–Kier alpha value is -5.15. The van der Waals surface area contributed by atoms with Crippen molar-refractivity contribution in [3.63, 3.8) is 0 Å². The number of aliphatic hydroxyl groups is 1. The van der Waals surface area contributed by atoms with Crippen LogP contribution in [0.3, 0.4) is 0 Å². The lowest BCUT2D eigenvalue weighted by Crippen LogP contribution is -2.65. The van der Waals surface area contributed by atoms with E-state index >= 15 is 0 Å². The minimum Gasteiger partial charge on any atom is -0.505 e. The number of methoxy groups -OCH3 is 1. The van der Waals surface area contributed by atoms with Crippen LogP contribution in [0.25, 0.3) is 11.0 Å². The molecule has 248 valence electrons. The minimum atomic E-state index is -1.52. The molecule has 1 fully saturated rings. The molecule has 1 saturated heterocycles. The Labute approximate surface area is 268 Å². The van der Waals surface area contributed by atoms with Gasteiger partial charge in [-0.3, -0.25) is 4.79 Å². The van der Waals surface area contributed by atoms with Gasteiger partial charge in [-0.25, -0.2) is 9.59 Å². The van der Waals surface area contributed by atoms with Crippen LogP contribution in [0.4, 0.5) is 10.5 Å². The first-order valence-corrected chi connectivity index (χ1v) is 14.5. The van der Waals surface area contributed by atoms with Crippen molar-refractivity contribution in [3.8, 4) is 23.0 Å². The second-order valence-electron chi connectivity index (χ2n) is 11.3. The zero-order chi connectivity index (χ0) is 34.0. The van der Waals surface area contributed by atoms with Crippen LogP contribution in [-0.4, -0.2) is 59.5 Å². The van der Waals surface area contributed by atoms with E-state index in [2.05, 4.69) is 5.32 Å². The van der Waals surface area contributed by atoms with Crippen molar-refractivity contribution in [2.45, 2.75) is 57.5 Å². The predicted octanol–water partition coefficient (Wildman–Crippen LogP) is 3.66. The molecule has 0 aliphatic carbocycles. The standard InChI is InChI=1S/C33H35N3O11/c1-16-21(44-31-25(38)27(46-32(35)41)28(42-4)33(2,3)47-31)13-12-20-24(37)23(30(40)45-26(16)20)36-29(39)17-10-11-18(15-34)22(14-17)43-19-8-6-5-7-9-19/h5-14,25,27-28,31,37-38H,15,34H2,1-4H3,(H2,35,41)(H,36,39)/t25-,27+,28-,31-/m1/s1. The quantitative estimate of drug-likeness (QED) is 0.164. The fourth-order valence-corrected chi connectivity index (χ4v) is 5.43. The molecule has 7 N–H and O–H groups in total. The maximum atomic E-state index is 13.2. The third kappa shape index (κ3) is 6.71. The largest absolute Gasteiger partial charge is 0.505 e. The van der Waals surface area contributed by atoms with Crippen LogP contribution in [0.2, 0.25) is 0 Å². The summed E-state index contributed by atoms with van der Waals surface area (Å²) >= 11 is 0. The SMILES string of the molecule is CO[C@@H]1[C@@H](OC(N)=O)[C@@H](O)[C@H](Oc2ccc3c(O)c(NC(=O)c4ccc(CN)c(Oc5ccccc5)c4)c(=O)oc3c2C)OC1(C)C. The van der Waals surface area contributed by atoms with E-state index in [1.807, 2.05) is 6.07 Å². The molecular weight excluding hydrogens is 614 g/mol. The van der Waals surface area contributed by atoms with E-state index in [1.54, 1.807) is 51.1 Å². The lowest BCUT2D eigenvalue weighted by molar-refractivity contribution is -0.304. The molecule has 5 rings (SSSR count). The molecule has 2 amide bonds. The first-order valence-electron chi connectivity index (χ1n) is 14.5. The number of hydrogen-bond acceptors (Lipinski definition) is 12. The molecule has 4 atom stereocenters. The number of anilines is 1. The molecular formula is C33H35N3O11. The molecule has 47 heavy (non-hydrogen) atoms. The Balaban J connectivity index is 1.41.